The molecule has 1 aromatic rings. The van der Waals surface area contributed by atoms with E-state index in [1.165, 1.54) is 5.56 Å². The Hall–Kier alpha value is -0.570. The van der Waals surface area contributed by atoms with Crippen LogP contribution >= 0.6 is 11.6 Å². The smallest absolute Gasteiger partial charge is 0.0445 e. The topological polar surface area (TPSA) is 32.3 Å². The molecule has 1 rings (SSSR count). The summed E-state index contributed by atoms with van der Waals surface area (Å²) < 4.78 is 0. The van der Waals surface area contributed by atoms with Gasteiger partial charge in [0, 0.05) is 24.2 Å². The summed E-state index contributed by atoms with van der Waals surface area (Å²) in [5, 5.41) is 13.2. The van der Waals surface area contributed by atoms with Gasteiger partial charge in [0.05, 0.1) is 0 Å². The number of hydrogen-bond donors (Lipinski definition) is 2. The first-order valence-corrected chi connectivity index (χ1v) is 6.10. The first-order valence-electron chi connectivity index (χ1n) is 5.72. The van der Waals surface area contributed by atoms with Crippen molar-refractivity contribution < 1.29 is 5.11 Å². The van der Waals surface area contributed by atoms with Crippen LogP contribution in [0.4, 0.5) is 0 Å². The molecule has 2 nitrogen and oxygen atoms in total. The molecule has 3 heteroatoms. The maximum Gasteiger partial charge on any atom is 0.0445 e. The van der Waals surface area contributed by atoms with Gasteiger partial charge in [-0.3, -0.25) is 0 Å². The van der Waals surface area contributed by atoms with E-state index in [0.717, 1.165) is 18.0 Å². The summed E-state index contributed by atoms with van der Waals surface area (Å²) in [7, 11) is 0. The van der Waals surface area contributed by atoms with Crippen molar-refractivity contribution in [3.05, 3.63) is 34.9 Å². The molecular weight excluding hydrogens is 222 g/mol. The molecule has 1 unspecified atom stereocenters. The van der Waals surface area contributed by atoms with Gasteiger partial charge in [-0.05, 0) is 30.0 Å². The van der Waals surface area contributed by atoms with Gasteiger partial charge in [-0.1, -0.05) is 37.6 Å². The van der Waals surface area contributed by atoms with Crippen molar-refractivity contribution in [3.63, 3.8) is 0 Å². The molecule has 90 valence electrons. The number of aliphatic hydroxyl groups excluding tert-OH is 1. The van der Waals surface area contributed by atoms with Gasteiger partial charge in [0.2, 0.25) is 0 Å². The lowest BCUT2D eigenvalue weighted by Gasteiger charge is -2.21. The summed E-state index contributed by atoms with van der Waals surface area (Å²) in [6.07, 6.45) is 0.790. The standard InChI is InChI=1S/C13H20ClNO/c1-10(2)13(6-7-16)15-9-11-4-3-5-12(14)8-11/h3-5,8,10,13,15-16H,6-7,9H2,1-2H3. The lowest BCUT2D eigenvalue weighted by molar-refractivity contribution is 0.244. The van der Waals surface area contributed by atoms with Crippen molar-refractivity contribution in [3.8, 4) is 0 Å². The van der Waals surface area contributed by atoms with Gasteiger partial charge in [0.15, 0.2) is 0 Å². The monoisotopic (exact) mass is 241 g/mol. The van der Waals surface area contributed by atoms with E-state index in [0.29, 0.717) is 12.0 Å². The SMILES string of the molecule is CC(C)C(CCO)NCc1cccc(Cl)c1. The third kappa shape index (κ3) is 4.52. The quantitative estimate of drug-likeness (QED) is 0.803. The summed E-state index contributed by atoms with van der Waals surface area (Å²) in [5.41, 5.74) is 1.18. The van der Waals surface area contributed by atoms with Crippen LogP contribution in [0.25, 0.3) is 0 Å². The second-order valence-corrected chi connectivity index (χ2v) is 4.81. The molecule has 0 aromatic heterocycles. The third-order valence-electron chi connectivity index (χ3n) is 2.70. The van der Waals surface area contributed by atoms with Crippen molar-refractivity contribution in [2.45, 2.75) is 32.9 Å². The number of nitrogens with one attached hydrogen (secondary N) is 1. The van der Waals surface area contributed by atoms with E-state index >= 15 is 0 Å². The summed E-state index contributed by atoms with van der Waals surface area (Å²) in [5.74, 6) is 0.520. The van der Waals surface area contributed by atoms with E-state index < -0.39 is 0 Å². The Morgan fingerprint density at radius 3 is 2.69 bits per heavy atom. The van der Waals surface area contributed by atoms with Crippen LogP contribution < -0.4 is 5.32 Å². The van der Waals surface area contributed by atoms with Gasteiger partial charge in [0.1, 0.15) is 0 Å². The van der Waals surface area contributed by atoms with Gasteiger partial charge in [0.25, 0.3) is 0 Å². The largest absolute Gasteiger partial charge is 0.396 e. The average Bonchev–Trinajstić information content (AvgIpc) is 2.24. The molecule has 0 amide bonds. The van der Waals surface area contributed by atoms with E-state index in [9.17, 15) is 0 Å². The lowest BCUT2D eigenvalue weighted by Crippen LogP contribution is -2.34. The normalized spacial score (nSPS) is 13.1. The molecule has 1 atom stereocenters. The maximum absolute atomic E-state index is 8.97. The highest BCUT2D eigenvalue weighted by atomic mass is 35.5. The number of halogens is 1. The zero-order chi connectivity index (χ0) is 12.0. The predicted molar refractivity (Wildman–Crippen MR) is 68.6 cm³/mol. The molecule has 0 aliphatic carbocycles. The number of rotatable bonds is 6. The van der Waals surface area contributed by atoms with Crippen molar-refractivity contribution >= 4 is 11.6 Å². The molecule has 0 saturated carbocycles. The van der Waals surface area contributed by atoms with Crippen molar-refractivity contribution in [1.82, 2.24) is 5.32 Å². The first-order chi connectivity index (χ1) is 7.63. The van der Waals surface area contributed by atoms with Crippen LogP contribution in [-0.2, 0) is 6.54 Å². The van der Waals surface area contributed by atoms with E-state index in [-0.39, 0.29) is 6.61 Å². The molecule has 0 heterocycles. The Labute approximate surface area is 103 Å². The Bertz CT molecular complexity index is 315. The highest BCUT2D eigenvalue weighted by Crippen LogP contribution is 2.12. The molecule has 0 aliphatic heterocycles. The van der Waals surface area contributed by atoms with Crippen LogP contribution in [0.3, 0.4) is 0 Å². The number of benzene rings is 1. The summed E-state index contributed by atoms with van der Waals surface area (Å²) in [4.78, 5) is 0. The number of aliphatic hydroxyl groups is 1. The van der Waals surface area contributed by atoms with Crippen molar-refractivity contribution in [2.75, 3.05) is 6.61 Å². The third-order valence-corrected chi connectivity index (χ3v) is 2.94. The zero-order valence-corrected chi connectivity index (χ0v) is 10.7. The maximum atomic E-state index is 8.97. The molecule has 0 aliphatic rings. The van der Waals surface area contributed by atoms with E-state index in [1.54, 1.807) is 0 Å². The molecule has 1 aromatic carbocycles. The predicted octanol–water partition coefficient (Wildman–Crippen LogP) is 2.84. The second kappa shape index (κ2) is 6.89. The fourth-order valence-corrected chi connectivity index (χ4v) is 1.92. The van der Waals surface area contributed by atoms with E-state index in [1.807, 2.05) is 18.2 Å². The van der Waals surface area contributed by atoms with Crippen LogP contribution in [0, 0.1) is 5.92 Å². The minimum absolute atomic E-state index is 0.228. The lowest BCUT2D eigenvalue weighted by atomic mass is 10.0. The van der Waals surface area contributed by atoms with Gasteiger partial charge < -0.3 is 10.4 Å². The Balaban J connectivity index is 2.48. The van der Waals surface area contributed by atoms with Gasteiger partial charge >= 0.3 is 0 Å². The summed E-state index contributed by atoms with van der Waals surface area (Å²) in [6, 6.07) is 8.19. The first kappa shape index (κ1) is 13.5. The van der Waals surface area contributed by atoms with E-state index in [2.05, 4.69) is 25.2 Å². The number of hydrogen-bond acceptors (Lipinski definition) is 2. The fraction of sp³-hybridized carbons (Fsp3) is 0.538. The minimum atomic E-state index is 0.228. The average molecular weight is 242 g/mol. The molecule has 0 radical (unpaired) electrons. The molecular formula is C13H20ClNO. The Morgan fingerprint density at radius 2 is 2.12 bits per heavy atom. The van der Waals surface area contributed by atoms with Gasteiger partial charge in [-0.15, -0.1) is 0 Å². The highest BCUT2D eigenvalue weighted by Gasteiger charge is 2.11. The highest BCUT2D eigenvalue weighted by molar-refractivity contribution is 6.30. The molecule has 2 N–H and O–H groups in total. The van der Waals surface area contributed by atoms with Crippen LogP contribution in [-0.4, -0.2) is 17.8 Å². The summed E-state index contributed by atoms with van der Waals surface area (Å²) in [6.45, 7) is 5.34. The molecule has 0 spiro atoms. The zero-order valence-electron chi connectivity index (χ0n) is 9.91. The van der Waals surface area contributed by atoms with Gasteiger partial charge in [-0.2, -0.15) is 0 Å². The van der Waals surface area contributed by atoms with Crippen molar-refractivity contribution in [2.24, 2.45) is 5.92 Å². The second-order valence-electron chi connectivity index (χ2n) is 4.37. The Kier molecular flexibility index (Phi) is 5.81. The van der Waals surface area contributed by atoms with Gasteiger partial charge in [-0.25, -0.2) is 0 Å². The van der Waals surface area contributed by atoms with Crippen LogP contribution in [0.15, 0.2) is 24.3 Å². The molecule has 0 bridgehead atoms. The van der Waals surface area contributed by atoms with Crippen LogP contribution in [0.5, 0.6) is 0 Å². The molecule has 0 fully saturated rings. The van der Waals surface area contributed by atoms with Crippen LogP contribution in [0.1, 0.15) is 25.8 Å². The van der Waals surface area contributed by atoms with Crippen molar-refractivity contribution in [1.29, 1.82) is 0 Å². The minimum Gasteiger partial charge on any atom is -0.396 e. The van der Waals surface area contributed by atoms with E-state index in [4.69, 9.17) is 16.7 Å². The summed E-state index contributed by atoms with van der Waals surface area (Å²) >= 11 is 5.92. The van der Waals surface area contributed by atoms with Crippen LogP contribution in [0.2, 0.25) is 5.02 Å². The molecule has 0 saturated heterocycles. The molecule has 16 heavy (non-hydrogen) atoms. The fourth-order valence-electron chi connectivity index (χ4n) is 1.71. The Morgan fingerprint density at radius 1 is 1.38 bits per heavy atom.